The van der Waals surface area contributed by atoms with E-state index in [0.717, 1.165) is 35.5 Å². The van der Waals surface area contributed by atoms with E-state index in [4.69, 9.17) is 9.47 Å². The van der Waals surface area contributed by atoms with Crippen molar-refractivity contribution in [1.82, 2.24) is 10.2 Å². The van der Waals surface area contributed by atoms with Gasteiger partial charge in [-0.2, -0.15) is 0 Å². The predicted molar refractivity (Wildman–Crippen MR) is 107 cm³/mol. The van der Waals surface area contributed by atoms with E-state index in [9.17, 15) is 9.59 Å². The molecule has 1 heterocycles. The van der Waals surface area contributed by atoms with E-state index in [1.54, 1.807) is 26.4 Å². The van der Waals surface area contributed by atoms with Crippen molar-refractivity contribution in [3.05, 3.63) is 59.2 Å². The Bertz CT molecular complexity index is 848. The van der Waals surface area contributed by atoms with E-state index in [1.165, 1.54) is 0 Å². The van der Waals surface area contributed by atoms with Crippen LogP contribution in [0.25, 0.3) is 0 Å². The van der Waals surface area contributed by atoms with Gasteiger partial charge in [0.15, 0.2) is 0 Å². The fourth-order valence-corrected chi connectivity index (χ4v) is 3.55. The molecule has 0 aliphatic carbocycles. The molecule has 1 fully saturated rings. The molecule has 0 bridgehead atoms. The largest absolute Gasteiger partial charge is 0.497 e. The number of rotatable bonds is 6. The van der Waals surface area contributed by atoms with E-state index >= 15 is 0 Å². The second-order valence-electron chi connectivity index (χ2n) is 6.90. The van der Waals surface area contributed by atoms with Crippen LogP contribution in [0.2, 0.25) is 0 Å². The third kappa shape index (κ3) is 4.27. The molecule has 2 aromatic carbocycles. The minimum Gasteiger partial charge on any atom is -0.497 e. The lowest BCUT2D eigenvalue weighted by Gasteiger charge is -2.27. The van der Waals surface area contributed by atoms with E-state index in [0.29, 0.717) is 12.1 Å². The quantitative estimate of drug-likeness (QED) is 0.834. The molecule has 1 aliphatic heterocycles. The average molecular weight is 382 g/mol. The van der Waals surface area contributed by atoms with Crippen molar-refractivity contribution < 1.29 is 19.1 Å². The lowest BCUT2D eigenvalue weighted by molar-refractivity contribution is -0.131. The number of methoxy groups -OCH3 is 2. The van der Waals surface area contributed by atoms with Crippen molar-refractivity contribution in [1.29, 1.82) is 0 Å². The number of likely N-dealkylation sites (tertiary alicyclic amines) is 1. The van der Waals surface area contributed by atoms with Gasteiger partial charge in [0.25, 0.3) is 5.91 Å². The van der Waals surface area contributed by atoms with Gasteiger partial charge in [0.2, 0.25) is 5.91 Å². The number of nitrogens with one attached hydrogen (secondary N) is 1. The van der Waals surface area contributed by atoms with Crippen molar-refractivity contribution in [2.24, 2.45) is 0 Å². The Morgan fingerprint density at radius 3 is 2.54 bits per heavy atom. The molecule has 6 heteroatoms. The van der Waals surface area contributed by atoms with Gasteiger partial charge in [-0.05, 0) is 50.1 Å². The Labute approximate surface area is 165 Å². The number of hydrogen-bond donors (Lipinski definition) is 1. The van der Waals surface area contributed by atoms with Gasteiger partial charge in [-0.25, -0.2) is 0 Å². The number of amides is 2. The minimum absolute atomic E-state index is 0.0322. The third-order valence-electron chi connectivity index (χ3n) is 5.08. The number of ether oxygens (including phenoxy) is 2. The molecule has 0 aromatic heterocycles. The van der Waals surface area contributed by atoms with Gasteiger partial charge in [-0.15, -0.1) is 0 Å². The highest BCUT2D eigenvalue weighted by Crippen LogP contribution is 2.38. The summed E-state index contributed by atoms with van der Waals surface area (Å²) in [5, 5.41) is 2.73. The van der Waals surface area contributed by atoms with Gasteiger partial charge in [-0.1, -0.05) is 17.7 Å². The molecule has 1 aliphatic rings. The molecule has 0 saturated carbocycles. The zero-order chi connectivity index (χ0) is 20.1. The molecule has 1 atom stereocenters. The van der Waals surface area contributed by atoms with Crippen molar-refractivity contribution in [3.63, 3.8) is 0 Å². The number of hydrogen-bond acceptors (Lipinski definition) is 4. The number of carbonyl (C=O) groups excluding carboxylic acids is 2. The van der Waals surface area contributed by atoms with Crippen LogP contribution in [-0.4, -0.2) is 44.0 Å². The second kappa shape index (κ2) is 8.78. The van der Waals surface area contributed by atoms with Crippen LogP contribution in [0.3, 0.4) is 0 Å². The molecule has 2 amide bonds. The fraction of sp³-hybridized carbons (Fsp3) is 0.364. The van der Waals surface area contributed by atoms with Crippen LogP contribution in [0.5, 0.6) is 11.5 Å². The third-order valence-corrected chi connectivity index (χ3v) is 5.08. The zero-order valence-electron chi connectivity index (χ0n) is 16.5. The SMILES string of the molecule is COc1ccc(OC)c([C@@H]2CCCN2C(=O)CNC(=O)c2ccc(C)cc2)c1. The number of nitrogens with zero attached hydrogens (tertiary/aromatic N) is 1. The Hall–Kier alpha value is -3.02. The van der Waals surface area contributed by atoms with Gasteiger partial charge < -0.3 is 19.7 Å². The maximum atomic E-state index is 12.8. The van der Waals surface area contributed by atoms with Crippen LogP contribution in [0.1, 0.15) is 40.4 Å². The van der Waals surface area contributed by atoms with E-state index in [-0.39, 0.29) is 24.4 Å². The van der Waals surface area contributed by atoms with Crippen LogP contribution >= 0.6 is 0 Å². The van der Waals surface area contributed by atoms with Crippen LogP contribution < -0.4 is 14.8 Å². The Balaban J connectivity index is 1.69. The molecule has 2 aromatic rings. The minimum atomic E-state index is -0.247. The molecule has 3 rings (SSSR count). The topological polar surface area (TPSA) is 67.9 Å². The maximum Gasteiger partial charge on any atom is 0.251 e. The van der Waals surface area contributed by atoms with Crippen LogP contribution in [0.4, 0.5) is 0 Å². The molecule has 0 radical (unpaired) electrons. The zero-order valence-corrected chi connectivity index (χ0v) is 16.5. The molecule has 28 heavy (non-hydrogen) atoms. The monoisotopic (exact) mass is 382 g/mol. The van der Waals surface area contributed by atoms with Gasteiger partial charge in [0.1, 0.15) is 11.5 Å². The molecule has 0 unspecified atom stereocenters. The molecule has 6 nitrogen and oxygen atoms in total. The molecule has 1 N–H and O–H groups in total. The standard InChI is InChI=1S/C22H26N2O4/c1-15-6-8-16(9-7-15)22(26)23-14-21(25)24-12-4-5-19(24)18-13-17(27-2)10-11-20(18)28-3/h6-11,13,19H,4-5,12,14H2,1-3H3,(H,23,26)/t19-/m0/s1. The summed E-state index contributed by atoms with van der Waals surface area (Å²) in [6.45, 7) is 2.59. The van der Waals surface area contributed by atoms with Crippen LogP contribution in [-0.2, 0) is 4.79 Å². The van der Waals surface area contributed by atoms with Gasteiger partial charge in [0.05, 0.1) is 26.8 Å². The van der Waals surface area contributed by atoms with Crippen LogP contribution in [0.15, 0.2) is 42.5 Å². The van der Waals surface area contributed by atoms with Crippen LogP contribution in [0, 0.1) is 6.92 Å². The maximum absolute atomic E-state index is 12.8. The highest BCUT2D eigenvalue weighted by Gasteiger charge is 2.32. The summed E-state index contributed by atoms with van der Waals surface area (Å²) in [7, 11) is 3.23. The molecular formula is C22H26N2O4. The summed E-state index contributed by atoms with van der Waals surface area (Å²) in [6.07, 6.45) is 1.75. The molecule has 148 valence electrons. The summed E-state index contributed by atoms with van der Waals surface area (Å²) < 4.78 is 10.8. The first-order valence-corrected chi connectivity index (χ1v) is 9.39. The summed E-state index contributed by atoms with van der Waals surface area (Å²) in [5.41, 5.74) is 2.56. The van der Waals surface area contributed by atoms with E-state index in [2.05, 4.69) is 5.32 Å². The van der Waals surface area contributed by atoms with E-state index < -0.39 is 0 Å². The smallest absolute Gasteiger partial charge is 0.251 e. The average Bonchev–Trinajstić information content (AvgIpc) is 3.21. The summed E-state index contributed by atoms with van der Waals surface area (Å²) in [6, 6.07) is 12.8. The number of aryl methyl sites for hydroxylation is 1. The Kier molecular flexibility index (Phi) is 6.19. The summed E-state index contributed by atoms with van der Waals surface area (Å²) in [5.74, 6) is 1.10. The lowest BCUT2D eigenvalue weighted by Crippen LogP contribution is -2.39. The first-order valence-electron chi connectivity index (χ1n) is 9.39. The first kappa shape index (κ1) is 19.7. The summed E-state index contributed by atoms with van der Waals surface area (Å²) >= 11 is 0. The Morgan fingerprint density at radius 2 is 1.86 bits per heavy atom. The van der Waals surface area contributed by atoms with Crippen molar-refractivity contribution in [2.75, 3.05) is 27.3 Å². The lowest BCUT2D eigenvalue weighted by atomic mass is 10.0. The first-order chi connectivity index (χ1) is 13.5. The predicted octanol–water partition coefficient (Wildman–Crippen LogP) is 3.11. The van der Waals surface area contributed by atoms with Crippen molar-refractivity contribution >= 4 is 11.8 Å². The van der Waals surface area contributed by atoms with Gasteiger partial charge >= 0.3 is 0 Å². The molecule has 0 spiro atoms. The highest BCUT2D eigenvalue weighted by atomic mass is 16.5. The Morgan fingerprint density at radius 1 is 1.11 bits per heavy atom. The fourth-order valence-electron chi connectivity index (χ4n) is 3.55. The van der Waals surface area contributed by atoms with Crippen molar-refractivity contribution in [2.45, 2.75) is 25.8 Å². The van der Waals surface area contributed by atoms with Crippen molar-refractivity contribution in [3.8, 4) is 11.5 Å². The molecule has 1 saturated heterocycles. The van der Waals surface area contributed by atoms with Gasteiger partial charge in [0, 0.05) is 17.7 Å². The highest BCUT2D eigenvalue weighted by molar-refractivity contribution is 5.96. The second-order valence-corrected chi connectivity index (χ2v) is 6.90. The summed E-state index contributed by atoms with van der Waals surface area (Å²) in [4.78, 5) is 26.9. The number of benzene rings is 2. The molecular weight excluding hydrogens is 356 g/mol. The van der Waals surface area contributed by atoms with Gasteiger partial charge in [-0.3, -0.25) is 9.59 Å². The number of carbonyl (C=O) groups is 2. The normalized spacial score (nSPS) is 16.0. The van der Waals surface area contributed by atoms with E-state index in [1.807, 2.05) is 42.2 Å².